The van der Waals surface area contributed by atoms with E-state index >= 15 is 0 Å². The van der Waals surface area contributed by atoms with E-state index in [1.54, 1.807) is 0 Å². The molecule has 138 valence electrons. The molecule has 1 fully saturated rings. The van der Waals surface area contributed by atoms with Crippen molar-refractivity contribution in [2.45, 2.75) is 89.8 Å². The fraction of sp³-hybridized carbons (Fsp3) is 0.882. The molecule has 1 aliphatic rings. The van der Waals surface area contributed by atoms with Crippen molar-refractivity contribution in [3.63, 3.8) is 0 Å². The first-order valence-corrected chi connectivity index (χ1v) is 9.56. The third-order valence-corrected chi connectivity index (χ3v) is 4.35. The molecule has 0 spiro atoms. The Morgan fingerprint density at radius 1 is 1.17 bits per heavy atom. The number of hydrogen-bond acceptors (Lipinski definition) is 4. The van der Waals surface area contributed by atoms with Gasteiger partial charge in [0.1, 0.15) is 5.66 Å². The standard InChI is InChI=1S/C17H33N5OS/c1-17(2,22-21-14-10-6-5-7-11-14)20-16(24)19-13-9-4-3-8-12-15(18)23/h14H,3-13H2,1-2H3,(H2,18,23)(H2,19,20,24). The molecule has 0 bridgehead atoms. The molecule has 0 unspecified atom stereocenters. The highest BCUT2D eigenvalue weighted by Crippen LogP contribution is 2.21. The van der Waals surface area contributed by atoms with Crippen LogP contribution in [0.15, 0.2) is 10.2 Å². The Bertz CT molecular complexity index is 419. The zero-order valence-corrected chi connectivity index (χ0v) is 16.0. The molecule has 0 heterocycles. The van der Waals surface area contributed by atoms with E-state index in [1.165, 1.54) is 19.3 Å². The zero-order chi connectivity index (χ0) is 17.8. The van der Waals surface area contributed by atoms with E-state index in [9.17, 15) is 4.79 Å². The molecule has 1 saturated carbocycles. The number of rotatable bonds is 10. The van der Waals surface area contributed by atoms with Crippen LogP contribution in [-0.4, -0.2) is 29.3 Å². The lowest BCUT2D eigenvalue weighted by Crippen LogP contribution is -2.47. The second kappa shape index (κ2) is 11.3. The summed E-state index contributed by atoms with van der Waals surface area (Å²) in [5, 5.41) is 16.0. The summed E-state index contributed by atoms with van der Waals surface area (Å²) in [7, 11) is 0. The molecule has 1 aliphatic carbocycles. The molecule has 1 amide bonds. The van der Waals surface area contributed by atoms with Gasteiger partial charge in [-0.05, 0) is 51.7 Å². The molecule has 24 heavy (non-hydrogen) atoms. The molecule has 0 aliphatic heterocycles. The van der Waals surface area contributed by atoms with Crippen LogP contribution in [0.3, 0.4) is 0 Å². The van der Waals surface area contributed by atoms with Gasteiger partial charge in [0.15, 0.2) is 5.11 Å². The van der Waals surface area contributed by atoms with Gasteiger partial charge < -0.3 is 16.4 Å². The van der Waals surface area contributed by atoms with Crippen molar-refractivity contribution in [1.29, 1.82) is 0 Å². The predicted molar refractivity (Wildman–Crippen MR) is 102 cm³/mol. The summed E-state index contributed by atoms with van der Waals surface area (Å²) in [6.45, 7) is 4.78. The molecule has 0 radical (unpaired) electrons. The van der Waals surface area contributed by atoms with Crippen molar-refractivity contribution in [1.82, 2.24) is 10.6 Å². The molecule has 0 aromatic carbocycles. The molecular formula is C17H33N5OS. The fourth-order valence-corrected chi connectivity index (χ4v) is 3.10. The smallest absolute Gasteiger partial charge is 0.217 e. The van der Waals surface area contributed by atoms with Crippen molar-refractivity contribution in [3.05, 3.63) is 0 Å². The van der Waals surface area contributed by atoms with Crippen LogP contribution < -0.4 is 16.4 Å². The highest BCUT2D eigenvalue weighted by Gasteiger charge is 2.19. The molecule has 0 atom stereocenters. The van der Waals surface area contributed by atoms with Crippen LogP contribution >= 0.6 is 12.2 Å². The number of nitrogens with zero attached hydrogens (tertiary/aromatic N) is 2. The van der Waals surface area contributed by atoms with E-state index in [0.717, 1.165) is 45.1 Å². The highest BCUT2D eigenvalue weighted by molar-refractivity contribution is 7.80. The number of hydrogen-bond donors (Lipinski definition) is 3. The van der Waals surface area contributed by atoms with Crippen LogP contribution in [0, 0.1) is 0 Å². The fourth-order valence-electron chi connectivity index (χ4n) is 2.75. The van der Waals surface area contributed by atoms with E-state index in [2.05, 4.69) is 20.9 Å². The van der Waals surface area contributed by atoms with Crippen molar-refractivity contribution in [2.24, 2.45) is 16.0 Å². The van der Waals surface area contributed by atoms with E-state index in [1.807, 2.05) is 13.8 Å². The van der Waals surface area contributed by atoms with Gasteiger partial charge in [-0.2, -0.15) is 10.2 Å². The van der Waals surface area contributed by atoms with Gasteiger partial charge >= 0.3 is 0 Å². The maximum atomic E-state index is 10.6. The van der Waals surface area contributed by atoms with Crippen molar-refractivity contribution < 1.29 is 4.79 Å². The zero-order valence-electron chi connectivity index (χ0n) is 15.1. The van der Waals surface area contributed by atoms with Gasteiger partial charge in [-0.1, -0.05) is 32.1 Å². The van der Waals surface area contributed by atoms with Gasteiger partial charge in [0.25, 0.3) is 0 Å². The number of amides is 1. The van der Waals surface area contributed by atoms with Crippen LogP contribution in [0.5, 0.6) is 0 Å². The Hall–Kier alpha value is -1.24. The summed E-state index contributed by atoms with van der Waals surface area (Å²) in [6.07, 6.45) is 10.6. The van der Waals surface area contributed by atoms with Crippen LogP contribution in [0.4, 0.5) is 0 Å². The summed E-state index contributed by atoms with van der Waals surface area (Å²) in [5.41, 5.74) is 4.63. The number of unbranched alkanes of at least 4 members (excludes halogenated alkanes) is 3. The molecule has 6 nitrogen and oxygen atoms in total. The van der Waals surface area contributed by atoms with Gasteiger partial charge in [0, 0.05) is 13.0 Å². The van der Waals surface area contributed by atoms with Gasteiger partial charge in [-0.3, -0.25) is 4.79 Å². The Kier molecular flexibility index (Phi) is 9.83. The number of carbonyl (C=O) groups is 1. The SMILES string of the molecule is CC(C)(N=NC1CCCCC1)NC(=S)NCCCCCCC(N)=O. The average molecular weight is 356 g/mol. The minimum atomic E-state index is -0.483. The lowest BCUT2D eigenvalue weighted by molar-refractivity contribution is -0.118. The van der Waals surface area contributed by atoms with Gasteiger partial charge in [0.05, 0.1) is 6.04 Å². The maximum Gasteiger partial charge on any atom is 0.217 e. The molecule has 0 aromatic rings. The van der Waals surface area contributed by atoms with E-state index in [-0.39, 0.29) is 5.91 Å². The number of nitrogens with one attached hydrogen (secondary N) is 2. The average Bonchev–Trinajstić information content (AvgIpc) is 2.52. The number of thiocarbonyl (C=S) groups is 1. The highest BCUT2D eigenvalue weighted by atomic mass is 32.1. The first-order valence-electron chi connectivity index (χ1n) is 9.15. The third-order valence-electron chi connectivity index (χ3n) is 4.10. The summed E-state index contributed by atoms with van der Waals surface area (Å²) >= 11 is 5.32. The lowest BCUT2D eigenvalue weighted by Gasteiger charge is -2.24. The normalized spacial score (nSPS) is 16.2. The van der Waals surface area contributed by atoms with E-state index in [4.69, 9.17) is 18.0 Å². The summed E-state index contributed by atoms with van der Waals surface area (Å²) in [4.78, 5) is 10.6. The van der Waals surface area contributed by atoms with E-state index in [0.29, 0.717) is 17.6 Å². The summed E-state index contributed by atoms with van der Waals surface area (Å²) < 4.78 is 0. The minimum absolute atomic E-state index is 0.219. The quantitative estimate of drug-likeness (QED) is 0.318. The maximum absolute atomic E-state index is 10.6. The van der Waals surface area contributed by atoms with Crippen LogP contribution in [0.1, 0.15) is 78.1 Å². The monoisotopic (exact) mass is 355 g/mol. The molecule has 0 saturated heterocycles. The lowest BCUT2D eigenvalue weighted by atomic mass is 9.96. The van der Waals surface area contributed by atoms with Gasteiger partial charge in [0.2, 0.25) is 5.91 Å². The largest absolute Gasteiger partial charge is 0.370 e. The second-order valence-corrected chi connectivity index (χ2v) is 7.49. The van der Waals surface area contributed by atoms with Crippen LogP contribution in [0.25, 0.3) is 0 Å². The van der Waals surface area contributed by atoms with E-state index < -0.39 is 5.66 Å². The Morgan fingerprint density at radius 2 is 1.83 bits per heavy atom. The first-order chi connectivity index (χ1) is 11.4. The van der Waals surface area contributed by atoms with Crippen molar-refractivity contribution in [3.8, 4) is 0 Å². The topological polar surface area (TPSA) is 91.9 Å². The second-order valence-electron chi connectivity index (χ2n) is 7.08. The molecule has 1 rings (SSSR count). The summed E-state index contributed by atoms with van der Waals surface area (Å²) in [6, 6.07) is 0.377. The Morgan fingerprint density at radius 3 is 2.50 bits per heavy atom. The third kappa shape index (κ3) is 10.5. The molecule has 0 aromatic heterocycles. The minimum Gasteiger partial charge on any atom is -0.370 e. The Balaban J connectivity index is 2.13. The first kappa shape index (κ1) is 20.8. The van der Waals surface area contributed by atoms with Crippen LogP contribution in [0.2, 0.25) is 0 Å². The number of nitrogens with two attached hydrogens (primary N) is 1. The summed E-state index contributed by atoms with van der Waals surface area (Å²) in [5.74, 6) is -0.219. The molecule has 4 N–H and O–H groups in total. The number of primary amides is 1. The van der Waals surface area contributed by atoms with Gasteiger partial charge in [-0.25, -0.2) is 0 Å². The number of azo groups is 1. The predicted octanol–water partition coefficient (Wildman–Crippen LogP) is 3.41. The molecule has 7 heteroatoms. The number of carbonyl (C=O) groups excluding carboxylic acids is 1. The van der Waals surface area contributed by atoms with Crippen molar-refractivity contribution in [2.75, 3.05) is 6.54 Å². The van der Waals surface area contributed by atoms with Crippen molar-refractivity contribution >= 4 is 23.2 Å². The molecular weight excluding hydrogens is 322 g/mol. The van der Waals surface area contributed by atoms with Gasteiger partial charge in [-0.15, -0.1) is 0 Å². The van der Waals surface area contributed by atoms with Crippen LogP contribution in [-0.2, 0) is 4.79 Å². The Labute approximate surface area is 151 Å².